The summed E-state index contributed by atoms with van der Waals surface area (Å²) in [6, 6.07) is 2.09. The molecule has 4 N–H and O–H groups in total. The molecular formula is C9H8O5. The van der Waals surface area contributed by atoms with Gasteiger partial charge in [0.15, 0.2) is 11.5 Å². The van der Waals surface area contributed by atoms with E-state index in [4.69, 9.17) is 15.3 Å². The lowest BCUT2D eigenvalue weighted by atomic mass is 10.1. The van der Waals surface area contributed by atoms with E-state index < -0.39 is 17.5 Å². The predicted molar refractivity (Wildman–Crippen MR) is 48.1 cm³/mol. The van der Waals surface area contributed by atoms with E-state index in [1.165, 1.54) is 0 Å². The fourth-order valence-electron chi connectivity index (χ4n) is 0.914. The van der Waals surface area contributed by atoms with Crippen LogP contribution in [-0.2, 0) is 4.79 Å². The van der Waals surface area contributed by atoms with Gasteiger partial charge in [0.1, 0.15) is 5.75 Å². The van der Waals surface area contributed by atoms with Gasteiger partial charge in [-0.2, -0.15) is 0 Å². The van der Waals surface area contributed by atoms with Crippen molar-refractivity contribution in [2.75, 3.05) is 0 Å². The normalized spacial score (nSPS) is 10.6. The number of benzene rings is 1. The number of hydrogen-bond acceptors (Lipinski definition) is 4. The van der Waals surface area contributed by atoms with Gasteiger partial charge < -0.3 is 20.4 Å². The molecule has 74 valence electrons. The van der Waals surface area contributed by atoms with Crippen LogP contribution in [0.4, 0.5) is 0 Å². The summed E-state index contributed by atoms with van der Waals surface area (Å²) < 4.78 is 0. The highest BCUT2D eigenvalue weighted by atomic mass is 16.4. The monoisotopic (exact) mass is 196 g/mol. The van der Waals surface area contributed by atoms with Crippen molar-refractivity contribution >= 4 is 12.0 Å². The van der Waals surface area contributed by atoms with Crippen LogP contribution in [0.2, 0.25) is 0 Å². The topological polar surface area (TPSA) is 98.0 Å². The Hall–Kier alpha value is -2.17. The van der Waals surface area contributed by atoms with E-state index in [9.17, 15) is 9.90 Å². The van der Waals surface area contributed by atoms with Gasteiger partial charge >= 0.3 is 5.97 Å². The maximum atomic E-state index is 10.2. The summed E-state index contributed by atoms with van der Waals surface area (Å²) in [5.74, 6) is -2.42. The van der Waals surface area contributed by atoms with Crippen molar-refractivity contribution in [2.24, 2.45) is 0 Å². The fraction of sp³-hybridized carbons (Fsp3) is 0. The van der Waals surface area contributed by atoms with Gasteiger partial charge in [-0.05, 0) is 12.1 Å². The van der Waals surface area contributed by atoms with E-state index in [1.54, 1.807) is 0 Å². The highest BCUT2D eigenvalue weighted by Crippen LogP contribution is 2.33. The predicted octanol–water partition coefficient (Wildman–Crippen LogP) is 0.901. The number of phenols is 3. The van der Waals surface area contributed by atoms with Crippen LogP contribution in [0.5, 0.6) is 17.2 Å². The molecule has 5 heteroatoms. The molecule has 0 saturated heterocycles. The van der Waals surface area contributed by atoms with Gasteiger partial charge in [-0.3, -0.25) is 0 Å². The van der Waals surface area contributed by atoms with Crippen molar-refractivity contribution in [3.05, 3.63) is 23.8 Å². The molecule has 0 aliphatic heterocycles. The lowest BCUT2D eigenvalue weighted by molar-refractivity contribution is -0.131. The Morgan fingerprint density at radius 1 is 1.21 bits per heavy atom. The highest BCUT2D eigenvalue weighted by molar-refractivity contribution is 5.86. The summed E-state index contributed by atoms with van der Waals surface area (Å²) >= 11 is 0. The van der Waals surface area contributed by atoms with E-state index in [2.05, 4.69) is 0 Å². The van der Waals surface area contributed by atoms with Crippen LogP contribution in [0.25, 0.3) is 6.08 Å². The fourth-order valence-corrected chi connectivity index (χ4v) is 0.914. The molecule has 0 aromatic heterocycles. The maximum Gasteiger partial charge on any atom is 0.328 e. The van der Waals surface area contributed by atoms with E-state index in [0.717, 1.165) is 24.3 Å². The largest absolute Gasteiger partial charge is 0.508 e. The molecule has 0 fully saturated rings. The lowest BCUT2D eigenvalue weighted by Crippen LogP contribution is -1.86. The number of aliphatic carboxylic acids is 1. The Balaban J connectivity index is 3.14. The zero-order valence-electron chi connectivity index (χ0n) is 7.01. The first kappa shape index (κ1) is 9.91. The summed E-state index contributed by atoms with van der Waals surface area (Å²) in [4.78, 5) is 10.2. The van der Waals surface area contributed by atoms with E-state index in [-0.39, 0.29) is 11.3 Å². The zero-order valence-corrected chi connectivity index (χ0v) is 7.01. The van der Waals surface area contributed by atoms with Gasteiger partial charge in [0.05, 0.1) is 0 Å². The second kappa shape index (κ2) is 3.69. The van der Waals surface area contributed by atoms with Crippen LogP contribution in [0.1, 0.15) is 5.56 Å². The van der Waals surface area contributed by atoms with E-state index in [0.29, 0.717) is 0 Å². The molecule has 0 aliphatic rings. The molecular weight excluding hydrogens is 188 g/mol. The summed E-state index contributed by atoms with van der Waals surface area (Å²) in [5, 5.41) is 35.6. The van der Waals surface area contributed by atoms with Crippen molar-refractivity contribution in [1.82, 2.24) is 0 Å². The SMILES string of the molecule is O=C(O)C=Cc1cc(O)cc(O)c1O. The molecule has 0 heterocycles. The zero-order chi connectivity index (χ0) is 10.7. The number of hydrogen-bond donors (Lipinski definition) is 4. The summed E-state index contributed by atoms with van der Waals surface area (Å²) in [6.45, 7) is 0. The number of carboxylic acid groups (broad SMARTS) is 1. The number of carbonyl (C=O) groups is 1. The standard InChI is InChI=1S/C9H8O5/c10-6-3-5(1-2-8(12)13)9(14)7(11)4-6/h1-4,10-11,14H,(H,12,13). The molecule has 1 aromatic carbocycles. The van der Waals surface area contributed by atoms with Gasteiger partial charge in [-0.15, -0.1) is 0 Å². The van der Waals surface area contributed by atoms with Crippen LogP contribution < -0.4 is 0 Å². The summed E-state index contributed by atoms with van der Waals surface area (Å²) in [5.41, 5.74) is 0.0323. The van der Waals surface area contributed by atoms with Crippen molar-refractivity contribution in [2.45, 2.75) is 0 Å². The van der Waals surface area contributed by atoms with Crippen molar-refractivity contribution in [3.63, 3.8) is 0 Å². The molecule has 1 aromatic rings. The Bertz CT molecular complexity index is 394. The minimum Gasteiger partial charge on any atom is -0.508 e. The van der Waals surface area contributed by atoms with Crippen molar-refractivity contribution in [1.29, 1.82) is 0 Å². The van der Waals surface area contributed by atoms with Crippen molar-refractivity contribution in [3.8, 4) is 17.2 Å². The molecule has 0 aliphatic carbocycles. The Labute approximate surface area is 79.2 Å². The maximum absolute atomic E-state index is 10.2. The second-order valence-corrected chi connectivity index (χ2v) is 2.57. The molecule has 1 rings (SSSR count). The van der Waals surface area contributed by atoms with Crippen LogP contribution in [0.3, 0.4) is 0 Å². The van der Waals surface area contributed by atoms with Gasteiger partial charge in [-0.25, -0.2) is 4.79 Å². The molecule has 5 nitrogen and oxygen atoms in total. The first-order chi connectivity index (χ1) is 6.50. The minimum absolute atomic E-state index is 0.0323. The van der Waals surface area contributed by atoms with Gasteiger partial charge in [0, 0.05) is 17.7 Å². The first-order valence-corrected chi connectivity index (χ1v) is 3.66. The molecule has 0 amide bonds. The molecule has 0 atom stereocenters. The number of aromatic hydroxyl groups is 3. The average Bonchev–Trinajstić information content (AvgIpc) is 2.08. The molecule has 0 unspecified atom stereocenters. The molecule has 14 heavy (non-hydrogen) atoms. The number of rotatable bonds is 2. The van der Waals surface area contributed by atoms with E-state index in [1.807, 2.05) is 0 Å². The van der Waals surface area contributed by atoms with Gasteiger partial charge in [0.2, 0.25) is 0 Å². The molecule has 0 saturated carbocycles. The van der Waals surface area contributed by atoms with Gasteiger partial charge in [-0.1, -0.05) is 0 Å². The third kappa shape index (κ3) is 2.16. The number of phenolic OH excluding ortho intramolecular Hbond substituents is 3. The Morgan fingerprint density at radius 2 is 1.86 bits per heavy atom. The third-order valence-corrected chi connectivity index (χ3v) is 1.51. The Kier molecular flexibility index (Phi) is 2.62. The minimum atomic E-state index is -1.19. The quantitative estimate of drug-likeness (QED) is 0.320. The van der Waals surface area contributed by atoms with Crippen LogP contribution in [0, 0.1) is 0 Å². The van der Waals surface area contributed by atoms with E-state index >= 15 is 0 Å². The molecule has 0 bridgehead atoms. The van der Waals surface area contributed by atoms with Crippen molar-refractivity contribution < 1.29 is 25.2 Å². The van der Waals surface area contributed by atoms with Crippen LogP contribution in [0.15, 0.2) is 18.2 Å². The summed E-state index contributed by atoms with van der Waals surface area (Å²) in [7, 11) is 0. The smallest absolute Gasteiger partial charge is 0.328 e. The number of carboxylic acids is 1. The van der Waals surface area contributed by atoms with Crippen LogP contribution >= 0.6 is 0 Å². The summed E-state index contributed by atoms with van der Waals surface area (Å²) in [6.07, 6.45) is 1.85. The average molecular weight is 196 g/mol. The first-order valence-electron chi connectivity index (χ1n) is 3.66. The lowest BCUT2D eigenvalue weighted by Gasteiger charge is -2.02. The third-order valence-electron chi connectivity index (χ3n) is 1.51. The molecule has 0 radical (unpaired) electrons. The Morgan fingerprint density at radius 3 is 2.43 bits per heavy atom. The van der Waals surface area contributed by atoms with Gasteiger partial charge in [0.25, 0.3) is 0 Å². The molecule has 0 spiro atoms. The van der Waals surface area contributed by atoms with Crippen LogP contribution in [-0.4, -0.2) is 26.4 Å². The second-order valence-electron chi connectivity index (χ2n) is 2.57. The highest BCUT2D eigenvalue weighted by Gasteiger charge is 2.06.